The Bertz CT molecular complexity index is 900. The number of hydrogen-bond donors (Lipinski definition) is 3. The zero-order chi connectivity index (χ0) is 24.9. The topological polar surface area (TPSA) is 134 Å². The Morgan fingerprint density at radius 2 is 1.82 bits per heavy atom. The monoisotopic (exact) mass is 472 g/mol. The van der Waals surface area contributed by atoms with Gasteiger partial charge in [0.15, 0.2) is 5.78 Å². The molecule has 3 rings (SSSR count). The van der Waals surface area contributed by atoms with Crippen LogP contribution in [0.3, 0.4) is 0 Å². The van der Waals surface area contributed by atoms with Gasteiger partial charge < -0.3 is 26.0 Å². The molecular formula is C25H36N4O5. The van der Waals surface area contributed by atoms with Crippen molar-refractivity contribution in [3.8, 4) is 0 Å². The molecule has 0 aromatic heterocycles. The van der Waals surface area contributed by atoms with Crippen molar-refractivity contribution in [1.82, 2.24) is 15.5 Å². The molecule has 4 unspecified atom stereocenters. The molecule has 4 N–H and O–H groups in total. The van der Waals surface area contributed by atoms with E-state index in [4.69, 9.17) is 10.5 Å². The van der Waals surface area contributed by atoms with Gasteiger partial charge in [0.1, 0.15) is 17.7 Å². The van der Waals surface area contributed by atoms with E-state index in [2.05, 4.69) is 10.6 Å². The van der Waals surface area contributed by atoms with Gasteiger partial charge in [-0.1, -0.05) is 44.2 Å². The van der Waals surface area contributed by atoms with Crippen LogP contribution in [0.1, 0.15) is 45.6 Å². The zero-order valence-electron chi connectivity index (χ0n) is 20.2. The summed E-state index contributed by atoms with van der Waals surface area (Å²) in [7, 11) is 0. The van der Waals surface area contributed by atoms with Crippen LogP contribution >= 0.6 is 0 Å². The minimum Gasteiger partial charge on any atom is -0.361 e. The Kier molecular flexibility index (Phi) is 8.43. The quantitative estimate of drug-likeness (QED) is 0.403. The van der Waals surface area contributed by atoms with E-state index in [0.29, 0.717) is 32.4 Å². The fourth-order valence-corrected chi connectivity index (χ4v) is 4.38. The Morgan fingerprint density at radius 3 is 2.41 bits per heavy atom. The number of epoxide rings is 1. The van der Waals surface area contributed by atoms with Gasteiger partial charge >= 0.3 is 0 Å². The largest absolute Gasteiger partial charge is 0.361 e. The fourth-order valence-electron chi connectivity index (χ4n) is 4.38. The summed E-state index contributed by atoms with van der Waals surface area (Å²) in [5, 5.41) is 5.71. The summed E-state index contributed by atoms with van der Waals surface area (Å²) in [6.45, 7) is 6.32. The fraction of sp³-hybridized carbons (Fsp3) is 0.600. The Morgan fingerprint density at radius 1 is 1.15 bits per heavy atom. The van der Waals surface area contributed by atoms with Crippen molar-refractivity contribution in [2.75, 3.05) is 19.7 Å². The molecule has 2 heterocycles. The maximum atomic E-state index is 13.4. The number of carbonyl (C=O) groups excluding carboxylic acids is 4. The van der Waals surface area contributed by atoms with Gasteiger partial charge in [-0.15, -0.1) is 0 Å². The van der Waals surface area contributed by atoms with E-state index < -0.39 is 29.6 Å². The third kappa shape index (κ3) is 6.42. The second-order valence-electron chi connectivity index (χ2n) is 9.77. The van der Waals surface area contributed by atoms with Crippen LogP contribution in [0.25, 0.3) is 0 Å². The first-order chi connectivity index (χ1) is 16.1. The van der Waals surface area contributed by atoms with Gasteiger partial charge in [-0.2, -0.15) is 0 Å². The highest BCUT2D eigenvalue weighted by Gasteiger charge is 2.50. The summed E-state index contributed by atoms with van der Waals surface area (Å²) in [5.74, 6) is -1.10. The third-order valence-corrected chi connectivity index (χ3v) is 6.40. The first-order valence-electron chi connectivity index (χ1n) is 12.0. The second kappa shape index (κ2) is 11.1. The standard InChI is InChI=1S/C25H36N4O5/c1-16(2)12-18(22(31)25(3)15-34-25)27-23(32)19(13-17-8-5-4-6-9-17)28-24(33)20-10-7-11-29(20)21(30)14-26/h4-6,8-9,16,18-20H,7,10-15,26H2,1-3H3,(H,27,32)(H,28,33). The maximum absolute atomic E-state index is 13.4. The summed E-state index contributed by atoms with van der Waals surface area (Å²) in [5.41, 5.74) is 5.51. The number of amides is 3. The number of ether oxygens (including phenoxy) is 1. The van der Waals surface area contributed by atoms with E-state index >= 15 is 0 Å². The molecule has 2 aliphatic heterocycles. The molecule has 0 spiro atoms. The lowest BCUT2D eigenvalue weighted by molar-refractivity contribution is -0.139. The summed E-state index contributed by atoms with van der Waals surface area (Å²) in [6, 6.07) is 7.08. The molecule has 186 valence electrons. The van der Waals surface area contributed by atoms with E-state index in [9.17, 15) is 19.2 Å². The Labute approximate surface area is 200 Å². The van der Waals surface area contributed by atoms with Crippen molar-refractivity contribution < 1.29 is 23.9 Å². The van der Waals surface area contributed by atoms with Gasteiger partial charge in [0, 0.05) is 13.0 Å². The SMILES string of the molecule is CC(C)CC(NC(=O)C(Cc1ccccc1)NC(=O)C1CCCN1C(=O)CN)C(=O)C1(C)CO1. The van der Waals surface area contributed by atoms with Crippen molar-refractivity contribution >= 4 is 23.5 Å². The number of hydrogen-bond acceptors (Lipinski definition) is 6. The Hall–Kier alpha value is -2.78. The molecule has 3 amide bonds. The summed E-state index contributed by atoms with van der Waals surface area (Å²) < 4.78 is 5.32. The highest BCUT2D eigenvalue weighted by atomic mass is 16.6. The second-order valence-corrected chi connectivity index (χ2v) is 9.77. The highest BCUT2D eigenvalue weighted by Crippen LogP contribution is 2.29. The summed E-state index contributed by atoms with van der Waals surface area (Å²) >= 11 is 0. The number of Topliss-reactive ketones (excluding diaryl/α,β-unsaturated/α-hetero) is 1. The molecule has 2 saturated heterocycles. The van der Waals surface area contributed by atoms with Gasteiger partial charge in [0.2, 0.25) is 17.7 Å². The number of nitrogens with one attached hydrogen (secondary N) is 2. The minimum absolute atomic E-state index is 0.158. The number of ketones is 1. The van der Waals surface area contributed by atoms with Crippen LogP contribution in [0.2, 0.25) is 0 Å². The molecule has 2 aliphatic rings. The molecule has 0 radical (unpaired) electrons. The van der Waals surface area contributed by atoms with Crippen LogP contribution < -0.4 is 16.4 Å². The number of carbonyl (C=O) groups is 4. The van der Waals surface area contributed by atoms with Gasteiger partial charge in [0.25, 0.3) is 0 Å². The van der Waals surface area contributed by atoms with Gasteiger partial charge in [0.05, 0.1) is 19.2 Å². The van der Waals surface area contributed by atoms with Crippen LogP contribution in [-0.2, 0) is 30.3 Å². The molecule has 34 heavy (non-hydrogen) atoms. The van der Waals surface area contributed by atoms with E-state index in [1.165, 1.54) is 4.90 Å². The number of nitrogens with two attached hydrogens (primary N) is 1. The Balaban J connectivity index is 1.77. The molecule has 2 fully saturated rings. The van der Waals surface area contributed by atoms with Crippen LogP contribution in [0, 0.1) is 5.92 Å². The molecule has 0 aliphatic carbocycles. The predicted octanol–water partition coefficient (Wildman–Crippen LogP) is 0.553. The number of rotatable bonds is 11. The van der Waals surface area contributed by atoms with E-state index in [-0.39, 0.29) is 36.5 Å². The summed E-state index contributed by atoms with van der Waals surface area (Å²) in [4.78, 5) is 53.1. The highest BCUT2D eigenvalue weighted by molar-refractivity contribution is 5.98. The molecule has 0 bridgehead atoms. The van der Waals surface area contributed by atoms with Crippen LogP contribution in [-0.4, -0.2) is 71.8 Å². The zero-order valence-corrected chi connectivity index (χ0v) is 20.2. The van der Waals surface area contributed by atoms with Crippen LogP contribution in [0.5, 0.6) is 0 Å². The molecule has 1 aromatic carbocycles. The van der Waals surface area contributed by atoms with Crippen molar-refractivity contribution in [1.29, 1.82) is 0 Å². The predicted molar refractivity (Wildman–Crippen MR) is 127 cm³/mol. The van der Waals surface area contributed by atoms with Gasteiger partial charge in [-0.3, -0.25) is 19.2 Å². The third-order valence-electron chi connectivity index (χ3n) is 6.40. The smallest absolute Gasteiger partial charge is 0.243 e. The maximum Gasteiger partial charge on any atom is 0.243 e. The number of likely N-dealkylation sites (tertiary alicyclic amines) is 1. The van der Waals surface area contributed by atoms with Crippen molar-refractivity contribution in [2.24, 2.45) is 11.7 Å². The number of benzene rings is 1. The van der Waals surface area contributed by atoms with Crippen molar-refractivity contribution in [3.05, 3.63) is 35.9 Å². The van der Waals surface area contributed by atoms with Gasteiger partial charge in [-0.25, -0.2) is 0 Å². The molecule has 4 atom stereocenters. The first-order valence-corrected chi connectivity index (χ1v) is 12.0. The lowest BCUT2D eigenvalue weighted by Gasteiger charge is -2.28. The van der Waals surface area contributed by atoms with Crippen LogP contribution in [0.4, 0.5) is 0 Å². The average Bonchev–Trinajstić information content (AvgIpc) is 3.37. The molecule has 9 heteroatoms. The molecule has 1 aromatic rings. The van der Waals surface area contributed by atoms with Crippen molar-refractivity contribution in [3.63, 3.8) is 0 Å². The van der Waals surface area contributed by atoms with Crippen LogP contribution in [0.15, 0.2) is 30.3 Å². The molecular weight excluding hydrogens is 436 g/mol. The summed E-state index contributed by atoms with van der Waals surface area (Å²) in [6.07, 6.45) is 1.94. The van der Waals surface area contributed by atoms with E-state index in [1.807, 2.05) is 44.2 Å². The lowest BCUT2D eigenvalue weighted by Crippen LogP contribution is -2.57. The normalized spacial score (nSPS) is 23.3. The molecule has 9 nitrogen and oxygen atoms in total. The van der Waals surface area contributed by atoms with E-state index in [1.54, 1.807) is 6.92 Å². The average molecular weight is 473 g/mol. The van der Waals surface area contributed by atoms with Gasteiger partial charge in [-0.05, 0) is 37.7 Å². The minimum atomic E-state index is -0.902. The number of nitrogens with zero attached hydrogens (tertiary/aromatic N) is 1. The lowest BCUT2D eigenvalue weighted by atomic mass is 9.93. The van der Waals surface area contributed by atoms with Crippen molar-refractivity contribution in [2.45, 2.75) is 70.2 Å². The molecule has 0 saturated carbocycles. The van der Waals surface area contributed by atoms with E-state index in [0.717, 1.165) is 5.56 Å². The first kappa shape index (κ1) is 25.8.